The second kappa shape index (κ2) is 6.89. The topological polar surface area (TPSA) is 41.1 Å². The molecule has 0 spiro atoms. The fraction of sp³-hybridized carbons (Fsp3) is 0.923. The largest absolute Gasteiger partial charge is 0.353 e. The smallest absolute Gasteiger partial charge is 0.221 e. The zero-order valence-electron chi connectivity index (χ0n) is 10.9. The number of amides is 1. The van der Waals surface area contributed by atoms with Gasteiger partial charge in [-0.25, -0.2) is 0 Å². The van der Waals surface area contributed by atoms with Crippen molar-refractivity contribution in [1.82, 2.24) is 10.6 Å². The normalized spacial score (nSPS) is 17.5. The van der Waals surface area contributed by atoms with Gasteiger partial charge in [-0.15, -0.1) is 0 Å². The Hall–Kier alpha value is -0.570. The van der Waals surface area contributed by atoms with Gasteiger partial charge in [0.25, 0.3) is 0 Å². The van der Waals surface area contributed by atoms with E-state index in [1.54, 1.807) is 0 Å². The molecule has 16 heavy (non-hydrogen) atoms. The van der Waals surface area contributed by atoms with E-state index in [4.69, 9.17) is 0 Å². The molecule has 0 saturated heterocycles. The van der Waals surface area contributed by atoms with Gasteiger partial charge in [0.05, 0.1) is 0 Å². The average molecular weight is 226 g/mol. The summed E-state index contributed by atoms with van der Waals surface area (Å²) >= 11 is 0. The molecule has 0 aromatic heterocycles. The van der Waals surface area contributed by atoms with Crippen molar-refractivity contribution in [2.24, 2.45) is 5.92 Å². The Kier molecular flexibility index (Phi) is 5.81. The summed E-state index contributed by atoms with van der Waals surface area (Å²) in [5.74, 6) is 0.929. The van der Waals surface area contributed by atoms with E-state index < -0.39 is 0 Å². The van der Waals surface area contributed by atoms with E-state index in [-0.39, 0.29) is 5.91 Å². The minimum Gasteiger partial charge on any atom is -0.353 e. The van der Waals surface area contributed by atoms with Crippen molar-refractivity contribution in [1.29, 1.82) is 0 Å². The maximum atomic E-state index is 11.4. The lowest BCUT2D eigenvalue weighted by Gasteiger charge is -2.22. The number of carbonyl (C=O) groups excluding carboxylic acids is 1. The molecule has 94 valence electrons. The Bertz CT molecular complexity index is 210. The van der Waals surface area contributed by atoms with Crippen LogP contribution < -0.4 is 10.6 Å². The summed E-state index contributed by atoms with van der Waals surface area (Å²) in [6.07, 6.45) is 5.37. The second-order valence-electron chi connectivity index (χ2n) is 4.91. The first-order chi connectivity index (χ1) is 7.67. The van der Waals surface area contributed by atoms with Gasteiger partial charge in [0, 0.05) is 25.0 Å². The zero-order valence-corrected chi connectivity index (χ0v) is 10.9. The molecule has 1 saturated carbocycles. The predicted octanol–water partition coefficient (Wildman–Crippen LogP) is 2.07. The third kappa shape index (κ3) is 4.97. The second-order valence-corrected chi connectivity index (χ2v) is 4.91. The Morgan fingerprint density at radius 1 is 1.31 bits per heavy atom. The van der Waals surface area contributed by atoms with Gasteiger partial charge in [-0.1, -0.05) is 26.7 Å². The van der Waals surface area contributed by atoms with Crippen LogP contribution in [0.15, 0.2) is 0 Å². The third-order valence-electron chi connectivity index (χ3n) is 3.52. The van der Waals surface area contributed by atoms with Crippen molar-refractivity contribution in [3.63, 3.8) is 0 Å². The Morgan fingerprint density at radius 3 is 2.44 bits per heavy atom. The van der Waals surface area contributed by atoms with Gasteiger partial charge in [0.2, 0.25) is 5.91 Å². The molecule has 1 aliphatic rings. The van der Waals surface area contributed by atoms with Crippen LogP contribution in [0.3, 0.4) is 0 Å². The lowest BCUT2D eigenvalue weighted by molar-refractivity contribution is -0.121. The Labute approximate surface area is 99.4 Å². The van der Waals surface area contributed by atoms with E-state index in [0.717, 1.165) is 12.5 Å². The summed E-state index contributed by atoms with van der Waals surface area (Å²) in [5, 5.41) is 6.45. The number of hydrogen-bond acceptors (Lipinski definition) is 2. The van der Waals surface area contributed by atoms with E-state index in [1.807, 2.05) is 0 Å². The van der Waals surface area contributed by atoms with E-state index in [9.17, 15) is 4.79 Å². The summed E-state index contributed by atoms with van der Waals surface area (Å²) in [7, 11) is 0. The van der Waals surface area contributed by atoms with Crippen molar-refractivity contribution in [2.75, 3.05) is 6.54 Å². The molecule has 0 aromatic rings. The van der Waals surface area contributed by atoms with Crippen LogP contribution in [0.4, 0.5) is 0 Å². The molecule has 0 aliphatic heterocycles. The molecule has 2 N–H and O–H groups in total. The lowest BCUT2D eigenvalue weighted by atomic mass is 9.95. The molecule has 1 fully saturated rings. The van der Waals surface area contributed by atoms with Gasteiger partial charge in [-0.05, 0) is 25.7 Å². The molecule has 1 rings (SSSR count). The van der Waals surface area contributed by atoms with Crippen molar-refractivity contribution in [3.05, 3.63) is 0 Å². The maximum Gasteiger partial charge on any atom is 0.221 e. The van der Waals surface area contributed by atoms with Gasteiger partial charge in [-0.3, -0.25) is 4.79 Å². The number of nitrogens with one attached hydrogen (secondary N) is 2. The highest BCUT2D eigenvalue weighted by atomic mass is 16.1. The minimum absolute atomic E-state index is 0.201. The first-order valence-electron chi connectivity index (χ1n) is 6.70. The van der Waals surface area contributed by atoms with Gasteiger partial charge >= 0.3 is 0 Å². The molecular weight excluding hydrogens is 200 g/mol. The van der Waals surface area contributed by atoms with Crippen molar-refractivity contribution in [2.45, 2.75) is 65.0 Å². The fourth-order valence-electron chi connectivity index (χ4n) is 2.10. The van der Waals surface area contributed by atoms with Crippen LogP contribution in [0.5, 0.6) is 0 Å². The van der Waals surface area contributed by atoms with Crippen molar-refractivity contribution < 1.29 is 4.79 Å². The van der Waals surface area contributed by atoms with Gasteiger partial charge in [-0.2, -0.15) is 0 Å². The third-order valence-corrected chi connectivity index (χ3v) is 3.52. The first kappa shape index (κ1) is 13.5. The molecule has 0 radical (unpaired) electrons. The highest BCUT2D eigenvalue weighted by Gasteiger charge is 2.22. The molecule has 3 nitrogen and oxygen atoms in total. The summed E-state index contributed by atoms with van der Waals surface area (Å²) in [4.78, 5) is 11.4. The maximum absolute atomic E-state index is 11.4. The van der Waals surface area contributed by atoms with E-state index in [1.165, 1.54) is 25.7 Å². The highest BCUT2D eigenvalue weighted by Crippen LogP contribution is 2.18. The van der Waals surface area contributed by atoms with Crippen LogP contribution in [-0.4, -0.2) is 24.5 Å². The quantitative estimate of drug-likeness (QED) is 0.665. The summed E-state index contributed by atoms with van der Waals surface area (Å²) in [6, 6.07) is 1.01. The number of hydrogen-bond donors (Lipinski definition) is 2. The molecular formula is C13H26N2O. The fourth-order valence-corrected chi connectivity index (χ4v) is 2.10. The lowest BCUT2D eigenvalue weighted by Crippen LogP contribution is -2.36. The van der Waals surface area contributed by atoms with Crippen LogP contribution >= 0.6 is 0 Å². The molecule has 1 unspecified atom stereocenters. The van der Waals surface area contributed by atoms with E-state index >= 15 is 0 Å². The standard InChI is InChI=1S/C13H26N2O/c1-4-11(5-2)10(3)14-9-8-13(16)15-12-6-7-12/h10-12,14H,4-9H2,1-3H3,(H,15,16). The zero-order chi connectivity index (χ0) is 12.0. The SMILES string of the molecule is CCC(CC)C(C)NCCC(=O)NC1CC1. The van der Waals surface area contributed by atoms with E-state index in [2.05, 4.69) is 31.4 Å². The molecule has 0 bridgehead atoms. The molecule has 1 atom stereocenters. The summed E-state index contributed by atoms with van der Waals surface area (Å²) < 4.78 is 0. The van der Waals surface area contributed by atoms with Crippen LogP contribution in [0.2, 0.25) is 0 Å². The number of rotatable bonds is 8. The van der Waals surface area contributed by atoms with Gasteiger partial charge in [0.1, 0.15) is 0 Å². The average Bonchev–Trinajstić information content (AvgIpc) is 3.03. The van der Waals surface area contributed by atoms with Crippen molar-refractivity contribution in [3.8, 4) is 0 Å². The molecule has 1 amide bonds. The highest BCUT2D eigenvalue weighted by molar-refractivity contribution is 5.76. The van der Waals surface area contributed by atoms with Gasteiger partial charge < -0.3 is 10.6 Å². The summed E-state index contributed by atoms with van der Waals surface area (Å²) in [6.45, 7) is 7.48. The van der Waals surface area contributed by atoms with Crippen LogP contribution in [0, 0.1) is 5.92 Å². The van der Waals surface area contributed by atoms with Crippen LogP contribution in [0.1, 0.15) is 52.9 Å². The molecule has 1 aliphatic carbocycles. The monoisotopic (exact) mass is 226 g/mol. The van der Waals surface area contributed by atoms with Crippen LogP contribution in [0.25, 0.3) is 0 Å². The Morgan fingerprint density at radius 2 is 1.94 bits per heavy atom. The van der Waals surface area contributed by atoms with Gasteiger partial charge in [0.15, 0.2) is 0 Å². The van der Waals surface area contributed by atoms with Crippen molar-refractivity contribution >= 4 is 5.91 Å². The minimum atomic E-state index is 0.201. The number of carbonyl (C=O) groups is 1. The molecule has 3 heteroatoms. The molecule has 0 aromatic carbocycles. The molecule has 0 heterocycles. The predicted molar refractivity (Wildman–Crippen MR) is 67.3 cm³/mol. The Balaban J connectivity index is 2.06. The summed E-state index contributed by atoms with van der Waals surface area (Å²) in [5.41, 5.74) is 0. The van der Waals surface area contributed by atoms with Crippen LogP contribution in [-0.2, 0) is 4.79 Å². The first-order valence-corrected chi connectivity index (χ1v) is 6.70. The van der Waals surface area contributed by atoms with E-state index in [0.29, 0.717) is 18.5 Å².